The number of imide groups is 1. The topological polar surface area (TPSA) is 70.1 Å². The third-order valence-corrected chi connectivity index (χ3v) is 7.25. The molecule has 6 nitrogen and oxygen atoms in total. The molecule has 4 aromatic rings. The molecule has 6 rings (SSSR count). The van der Waals surface area contributed by atoms with Gasteiger partial charge in [-0.2, -0.15) is 0 Å². The molecule has 4 aromatic carbocycles. The van der Waals surface area contributed by atoms with Crippen LogP contribution < -0.4 is 4.90 Å². The van der Waals surface area contributed by atoms with Gasteiger partial charge in [0.2, 0.25) is 0 Å². The Morgan fingerprint density at radius 3 is 1.79 bits per heavy atom. The van der Waals surface area contributed by atoms with Gasteiger partial charge < -0.3 is 4.90 Å². The summed E-state index contributed by atoms with van der Waals surface area (Å²) in [6.07, 6.45) is 0.920. The maximum atomic E-state index is 14.1. The number of fused-ring (bicyclic) bond motifs is 2. The minimum atomic E-state index is -0.616. The van der Waals surface area contributed by atoms with Crippen LogP contribution in [-0.2, 0) is 11.2 Å². The molecule has 0 saturated heterocycles. The van der Waals surface area contributed by atoms with Crippen molar-refractivity contribution in [2.75, 3.05) is 18.0 Å². The number of hydrogen-bond donors (Lipinski definition) is 0. The molecule has 0 N–H and O–H groups in total. The van der Waals surface area contributed by atoms with Crippen molar-refractivity contribution in [3.8, 4) is 0 Å². The monoisotopic (exact) mass is 513 g/mol. The van der Waals surface area contributed by atoms with Gasteiger partial charge in [-0.05, 0) is 30.2 Å². The summed E-state index contributed by atoms with van der Waals surface area (Å²) in [5.74, 6) is -0.663. The van der Waals surface area contributed by atoms with Gasteiger partial charge in [0.05, 0.1) is 22.5 Å². The number of carbonyl (C=O) groups excluding carboxylic acids is 3. The molecule has 0 bridgehead atoms. The SMILES string of the molecule is O=C1c2ccccc2C(=O)N1CCCN1C(=O)C(Cc2ccccc2)N=C(c2ccccc2)c2ccccc21. The fourth-order valence-corrected chi connectivity index (χ4v) is 5.34. The van der Waals surface area contributed by atoms with Crippen LogP contribution in [0.5, 0.6) is 0 Å². The van der Waals surface area contributed by atoms with Crippen LogP contribution in [0, 0.1) is 0 Å². The van der Waals surface area contributed by atoms with E-state index in [0.29, 0.717) is 30.5 Å². The quantitative estimate of drug-likeness (QED) is 0.320. The maximum Gasteiger partial charge on any atom is 0.261 e. The number of hydrogen-bond acceptors (Lipinski definition) is 4. The fraction of sp³-hybridized carbons (Fsp3) is 0.152. The molecule has 1 atom stereocenters. The van der Waals surface area contributed by atoms with Crippen LogP contribution >= 0.6 is 0 Å². The van der Waals surface area contributed by atoms with Crippen LogP contribution in [0.2, 0.25) is 0 Å². The molecule has 0 fully saturated rings. The molecule has 0 saturated carbocycles. The molecule has 3 amide bonds. The minimum absolute atomic E-state index is 0.0976. The van der Waals surface area contributed by atoms with E-state index in [4.69, 9.17) is 4.99 Å². The highest BCUT2D eigenvalue weighted by Gasteiger charge is 2.36. The van der Waals surface area contributed by atoms with Crippen molar-refractivity contribution in [3.05, 3.63) is 137 Å². The summed E-state index contributed by atoms with van der Waals surface area (Å²) in [4.78, 5) is 48.0. The number of anilines is 1. The molecular weight excluding hydrogens is 486 g/mol. The molecule has 0 spiro atoms. The smallest absolute Gasteiger partial charge is 0.261 e. The molecule has 1 unspecified atom stereocenters. The van der Waals surface area contributed by atoms with Crippen molar-refractivity contribution in [2.45, 2.75) is 18.9 Å². The highest BCUT2D eigenvalue weighted by molar-refractivity contribution is 6.21. The van der Waals surface area contributed by atoms with Crippen molar-refractivity contribution < 1.29 is 14.4 Å². The highest BCUT2D eigenvalue weighted by atomic mass is 16.2. The van der Waals surface area contributed by atoms with E-state index in [2.05, 4.69) is 0 Å². The summed E-state index contributed by atoms with van der Waals surface area (Å²) in [5, 5.41) is 0. The van der Waals surface area contributed by atoms with E-state index < -0.39 is 6.04 Å². The fourth-order valence-electron chi connectivity index (χ4n) is 5.34. The van der Waals surface area contributed by atoms with Gasteiger partial charge in [0.15, 0.2) is 0 Å². The van der Waals surface area contributed by atoms with Crippen molar-refractivity contribution in [1.29, 1.82) is 0 Å². The summed E-state index contributed by atoms with van der Waals surface area (Å²) in [5.41, 5.74) is 5.29. The average molecular weight is 514 g/mol. The summed E-state index contributed by atoms with van der Waals surface area (Å²) in [6.45, 7) is 0.584. The Morgan fingerprint density at radius 2 is 1.13 bits per heavy atom. The molecular formula is C33H27N3O3. The lowest BCUT2D eigenvalue weighted by Gasteiger charge is -2.26. The van der Waals surface area contributed by atoms with Gasteiger partial charge in [-0.15, -0.1) is 0 Å². The van der Waals surface area contributed by atoms with Gasteiger partial charge in [0.25, 0.3) is 17.7 Å². The molecule has 2 heterocycles. The zero-order valence-corrected chi connectivity index (χ0v) is 21.4. The zero-order chi connectivity index (χ0) is 26.8. The Hall–Kier alpha value is -4.84. The Morgan fingerprint density at radius 1 is 0.590 bits per heavy atom. The van der Waals surface area contributed by atoms with E-state index in [1.807, 2.05) is 84.9 Å². The molecule has 0 aliphatic carbocycles. The van der Waals surface area contributed by atoms with Gasteiger partial charge >= 0.3 is 0 Å². The molecule has 192 valence electrons. The first kappa shape index (κ1) is 24.5. The van der Waals surface area contributed by atoms with E-state index in [9.17, 15) is 14.4 Å². The predicted octanol–water partition coefficient (Wildman–Crippen LogP) is 5.17. The second-order valence-corrected chi connectivity index (χ2v) is 9.72. The zero-order valence-electron chi connectivity index (χ0n) is 21.4. The number of nitrogens with zero attached hydrogens (tertiary/aromatic N) is 3. The predicted molar refractivity (Wildman–Crippen MR) is 151 cm³/mol. The van der Waals surface area contributed by atoms with Crippen LogP contribution in [0.1, 0.15) is 43.8 Å². The molecule has 39 heavy (non-hydrogen) atoms. The van der Waals surface area contributed by atoms with Crippen molar-refractivity contribution in [1.82, 2.24) is 4.90 Å². The molecule has 2 aliphatic rings. The largest absolute Gasteiger partial charge is 0.310 e. The Balaban J connectivity index is 1.31. The molecule has 0 radical (unpaired) electrons. The minimum Gasteiger partial charge on any atom is -0.310 e. The summed E-state index contributed by atoms with van der Waals surface area (Å²) < 4.78 is 0. The van der Waals surface area contributed by atoms with Gasteiger partial charge in [-0.3, -0.25) is 24.3 Å². The summed E-state index contributed by atoms with van der Waals surface area (Å²) in [6, 6.07) is 33.9. The lowest BCUT2D eigenvalue weighted by molar-refractivity contribution is -0.119. The van der Waals surface area contributed by atoms with Gasteiger partial charge in [0, 0.05) is 30.6 Å². The first-order valence-electron chi connectivity index (χ1n) is 13.1. The molecule has 0 aromatic heterocycles. The first-order valence-corrected chi connectivity index (χ1v) is 13.1. The lowest BCUT2D eigenvalue weighted by atomic mass is 10.00. The number of amides is 3. The second-order valence-electron chi connectivity index (χ2n) is 9.72. The van der Waals surface area contributed by atoms with Crippen molar-refractivity contribution >= 4 is 29.1 Å². The number of benzene rings is 4. The van der Waals surface area contributed by atoms with E-state index in [1.165, 1.54) is 4.90 Å². The molecule has 6 heteroatoms. The maximum absolute atomic E-state index is 14.1. The summed E-state index contributed by atoms with van der Waals surface area (Å²) >= 11 is 0. The van der Waals surface area contributed by atoms with Crippen LogP contribution in [0.3, 0.4) is 0 Å². The number of aliphatic imine (C=N–C) groups is 1. The Labute approximate surface area is 227 Å². The Kier molecular flexibility index (Phi) is 6.59. The van der Waals surface area contributed by atoms with E-state index >= 15 is 0 Å². The van der Waals surface area contributed by atoms with Crippen molar-refractivity contribution in [2.24, 2.45) is 4.99 Å². The number of rotatable bonds is 7. The second kappa shape index (κ2) is 10.5. The van der Waals surface area contributed by atoms with Gasteiger partial charge in [0.1, 0.15) is 6.04 Å². The molecule has 2 aliphatic heterocycles. The summed E-state index contributed by atoms with van der Waals surface area (Å²) in [7, 11) is 0. The first-order chi connectivity index (χ1) is 19.1. The number of carbonyl (C=O) groups is 3. The van der Waals surface area contributed by atoms with Crippen LogP contribution in [0.15, 0.2) is 114 Å². The van der Waals surface area contributed by atoms with E-state index in [-0.39, 0.29) is 24.3 Å². The normalized spacial score (nSPS) is 16.6. The average Bonchev–Trinajstić information content (AvgIpc) is 3.16. The lowest BCUT2D eigenvalue weighted by Crippen LogP contribution is -2.41. The van der Waals surface area contributed by atoms with Gasteiger partial charge in [-0.1, -0.05) is 91.0 Å². The van der Waals surface area contributed by atoms with Gasteiger partial charge in [-0.25, -0.2) is 0 Å². The van der Waals surface area contributed by atoms with Crippen LogP contribution in [0.4, 0.5) is 5.69 Å². The standard InChI is InChI=1S/C33H27N3O3/c37-31-25-16-7-8-17-26(25)32(38)36(31)21-11-20-35-29-19-10-9-18-27(29)30(24-14-5-2-6-15-24)34-28(33(35)39)22-23-12-3-1-4-13-23/h1-10,12-19,28H,11,20-22H2. The highest BCUT2D eigenvalue weighted by Crippen LogP contribution is 2.30. The van der Waals surface area contributed by atoms with E-state index in [0.717, 1.165) is 28.1 Å². The third kappa shape index (κ3) is 4.66. The number of benzodiazepines with no additional fused rings is 1. The Bertz CT molecular complexity index is 1550. The van der Waals surface area contributed by atoms with Crippen molar-refractivity contribution in [3.63, 3.8) is 0 Å². The van der Waals surface area contributed by atoms with E-state index in [1.54, 1.807) is 29.2 Å². The van der Waals surface area contributed by atoms with Crippen LogP contribution in [-0.4, -0.2) is 47.5 Å². The third-order valence-electron chi connectivity index (χ3n) is 7.25. The number of para-hydroxylation sites is 1. The van der Waals surface area contributed by atoms with Crippen LogP contribution in [0.25, 0.3) is 0 Å².